The maximum absolute atomic E-state index is 13.5. The van der Waals surface area contributed by atoms with Crippen LogP contribution in [0.3, 0.4) is 0 Å². The van der Waals surface area contributed by atoms with E-state index in [1.807, 2.05) is 40.1 Å². The van der Waals surface area contributed by atoms with Gasteiger partial charge >= 0.3 is 0 Å². The van der Waals surface area contributed by atoms with E-state index in [0.29, 0.717) is 13.1 Å². The third-order valence-corrected chi connectivity index (χ3v) is 6.00. The highest BCUT2D eigenvalue weighted by atomic mass is 16.3. The average molecular weight is 378 g/mol. The fourth-order valence-electron chi connectivity index (χ4n) is 4.63. The highest BCUT2D eigenvalue weighted by Gasteiger charge is 2.52. The number of piperidine rings is 1. The van der Waals surface area contributed by atoms with E-state index >= 15 is 0 Å². The third-order valence-electron chi connectivity index (χ3n) is 6.00. The number of likely N-dealkylation sites (tertiary alicyclic amines) is 2. The number of carbonyl (C=O) groups excluding carboxylic acids is 2. The first-order chi connectivity index (χ1) is 13.6. The van der Waals surface area contributed by atoms with Crippen LogP contribution in [-0.4, -0.2) is 45.3 Å². The number of carbonyl (C=O) groups is 2. The summed E-state index contributed by atoms with van der Waals surface area (Å²) >= 11 is 0. The number of hydrogen-bond acceptors (Lipinski definition) is 3. The smallest absolute Gasteiger partial charge is 0.248 e. The molecule has 1 unspecified atom stereocenters. The molecule has 5 heteroatoms. The lowest BCUT2D eigenvalue weighted by Crippen LogP contribution is -2.61. The molecular weight excluding hydrogens is 352 g/mol. The van der Waals surface area contributed by atoms with Gasteiger partial charge in [-0.15, -0.1) is 0 Å². The van der Waals surface area contributed by atoms with Crippen molar-refractivity contribution in [2.24, 2.45) is 0 Å². The molecule has 2 heterocycles. The van der Waals surface area contributed by atoms with Crippen molar-refractivity contribution in [3.8, 4) is 5.75 Å². The number of benzene rings is 2. The van der Waals surface area contributed by atoms with E-state index in [1.165, 1.54) is 0 Å². The molecule has 2 amide bonds. The van der Waals surface area contributed by atoms with Gasteiger partial charge in [0, 0.05) is 19.6 Å². The summed E-state index contributed by atoms with van der Waals surface area (Å²) in [7, 11) is 0. The van der Waals surface area contributed by atoms with Gasteiger partial charge in [0.05, 0.1) is 6.42 Å². The summed E-state index contributed by atoms with van der Waals surface area (Å²) in [6.45, 7) is 1.98. The maximum atomic E-state index is 13.5. The molecule has 0 aromatic heterocycles. The molecule has 0 radical (unpaired) electrons. The molecule has 4 rings (SSSR count). The van der Waals surface area contributed by atoms with Crippen LogP contribution in [-0.2, 0) is 22.6 Å². The van der Waals surface area contributed by atoms with Crippen molar-refractivity contribution in [2.75, 3.05) is 13.1 Å². The van der Waals surface area contributed by atoms with Crippen LogP contribution in [0.15, 0.2) is 54.6 Å². The van der Waals surface area contributed by atoms with Crippen molar-refractivity contribution >= 4 is 11.8 Å². The minimum Gasteiger partial charge on any atom is -0.508 e. The molecule has 2 fully saturated rings. The first kappa shape index (κ1) is 18.5. The van der Waals surface area contributed by atoms with Gasteiger partial charge in [0.15, 0.2) is 0 Å². The van der Waals surface area contributed by atoms with Crippen molar-refractivity contribution in [2.45, 2.75) is 44.2 Å². The molecule has 0 bridgehead atoms. The van der Waals surface area contributed by atoms with Crippen molar-refractivity contribution in [1.29, 1.82) is 0 Å². The van der Waals surface area contributed by atoms with E-state index in [1.54, 1.807) is 24.3 Å². The van der Waals surface area contributed by atoms with Crippen LogP contribution in [0.5, 0.6) is 5.75 Å². The van der Waals surface area contributed by atoms with Gasteiger partial charge in [-0.3, -0.25) is 9.59 Å². The second kappa shape index (κ2) is 7.66. The largest absolute Gasteiger partial charge is 0.508 e. The van der Waals surface area contributed by atoms with Gasteiger partial charge in [0.25, 0.3) is 0 Å². The average Bonchev–Trinajstić information content (AvgIpc) is 3.13. The number of hydrogen-bond donors (Lipinski definition) is 1. The quantitative estimate of drug-likeness (QED) is 0.889. The van der Waals surface area contributed by atoms with Crippen LogP contribution in [0, 0.1) is 0 Å². The number of rotatable bonds is 4. The highest BCUT2D eigenvalue weighted by molar-refractivity contribution is 5.93. The van der Waals surface area contributed by atoms with E-state index in [4.69, 9.17) is 0 Å². The Morgan fingerprint density at radius 3 is 2.32 bits per heavy atom. The minimum absolute atomic E-state index is 0.00176. The fourth-order valence-corrected chi connectivity index (χ4v) is 4.63. The zero-order valence-electron chi connectivity index (χ0n) is 16.0. The molecule has 5 nitrogen and oxygen atoms in total. The SMILES string of the molecule is O=C(Cc1ccc(O)cc1)N1CCCC12CCCN(Cc1ccccc1)C2=O. The van der Waals surface area contributed by atoms with Crippen LogP contribution < -0.4 is 0 Å². The van der Waals surface area contributed by atoms with E-state index in [-0.39, 0.29) is 24.0 Å². The summed E-state index contributed by atoms with van der Waals surface area (Å²) in [5.41, 5.74) is 1.29. The second-order valence-electron chi connectivity index (χ2n) is 7.84. The molecule has 2 aromatic rings. The van der Waals surface area contributed by atoms with Gasteiger partial charge in [-0.25, -0.2) is 0 Å². The van der Waals surface area contributed by atoms with Gasteiger partial charge in [-0.1, -0.05) is 42.5 Å². The van der Waals surface area contributed by atoms with Crippen molar-refractivity contribution in [1.82, 2.24) is 9.80 Å². The summed E-state index contributed by atoms with van der Waals surface area (Å²) in [6, 6.07) is 16.7. The van der Waals surface area contributed by atoms with E-state index in [9.17, 15) is 14.7 Å². The number of nitrogens with zero attached hydrogens (tertiary/aromatic N) is 2. The summed E-state index contributed by atoms with van der Waals surface area (Å²) in [5.74, 6) is 0.283. The van der Waals surface area contributed by atoms with E-state index in [2.05, 4.69) is 0 Å². The van der Waals surface area contributed by atoms with Crippen LogP contribution in [0.25, 0.3) is 0 Å². The summed E-state index contributed by atoms with van der Waals surface area (Å²) < 4.78 is 0. The van der Waals surface area contributed by atoms with E-state index in [0.717, 1.165) is 43.4 Å². The lowest BCUT2D eigenvalue weighted by Gasteiger charge is -2.44. The lowest BCUT2D eigenvalue weighted by atomic mass is 9.85. The normalized spacial score (nSPS) is 22.1. The Hall–Kier alpha value is -2.82. The molecule has 2 aliphatic rings. The molecule has 1 spiro atoms. The molecule has 28 heavy (non-hydrogen) atoms. The highest BCUT2D eigenvalue weighted by Crippen LogP contribution is 2.39. The Bertz CT molecular complexity index is 850. The minimum atomic E-state index is -0.680. The number of amides is 2. The Morgan fingerprint density at radius 1 is 0.929 bits per heavy atom. The maximum Gasteiger partial charge on any atom is 0.248 e. The second-order valence-corrected chi connectivity index (χ2v) is 7.84. The molecule has 2 aliphatic heterocycles. The summed E-state index contributed by atoms with van der Waals surface area (Å²) in [6.07, 6.45) is 3.54. The van der Waals surface area contributed by atoms with Crippen LogP contribution >= 0.6 is 0 Å². The van der Waals surface area contributed by atoms with Crippen LogP contribution in [0.4, 0.5) is 0 Å². The monoisotopic (exact) mass is 378 g/mol. The molecule has 0 aliphatic carbocycles. The van der Waals surface area contributed by atoms with Gasteiger partial charge in [0.1, 0.15) is 11.3 Å². The number of aromatic hydroxyl groups is 1. The predicted molar refractivity (Wildman–Crippen MR) is 107 cm³/mol. The van der Waals surface area contributed by atoms with Gasteiger partial charge in [-0.2, -0.15) is 0 Å². The van der Waals surface area contributed by atoms with Gasteiger partial charge < -0.3 is 14.9 Å². The molecule has 1 N–H and O–H groups in total. The van der Waals surface area contributed by atoms with Crippen LogP contribution in [0.2, 0.25) is 0 Å². The Morgan fingerprint density at radius 2 is 1.61 bits per heavy atom. The molecule has 146 valence electrons. The zero-order chi connectivity index (χ0) is 19.6. The Kier molecular flexibility index (Phi) is 5.07. The Labute approximate surface area is 165 Å². The first-order valence-electron chi connectivity index (χ1n) is 10.0. The van der Waals surface area contributed by atoms with E-state index < -0.39 is 5.54 Å². The lowest BCUT2D eigenvalue weighted by molar-refractivity contribution is -0.155. The van der Waals surface area contributed by atoms with Gasteiger partial charge in [0.2, 0.25) is 11.8 Å². The standard InChI is InChI=1S/C23H26N2O3/c26-20-10-8-18(9-11-20)16-21(27)25-15-5-13-23(25)12-4-14-24(22(23)28)17-19-6-2-1-3-7-19/h1-3,6-11,26H,4-5,12-17H2. The number of phenols is 1. The van der Waals surface area contributed by atoms with Gasteiger partial charge in [-0.05, 0) is 48.9 Å². The molecule has 2 aromatic carbocycles. The molecule has 1 atom stereocenters. The molecule has 0 saturated carbocycles. The summed E-state index contributed by atoms with van der Waals surface area (Å²) in [5, 5.41) is 9.44. The Balaban J connectivity index is 1.52. The predicted octanol–water partition coefficient (Wildman–Crippen LogP) is 3.12. The summed E-state index contributed by atoms with van der Waals surface area (Å²) in [4.78, 5) is 30.3. The number of phenolic OH excluding ortho intramolecular Hbond substituents is 1. The zero-order valence-corrected chi connectivity index (χ0v) is 16.0. The molecule has 2 saturated heterocycles. The van der Waals surface area contributed by atoms with Crippen molar-refractivity contribution in [3.63, 3.8) is 0 Å². The molecular formula is C23H26N2O3. The van der Waals surface area contributed by atoms with Crippen LogP contribution in [0.1, 0.15) is 36.8 Å². The van der Waals surface area contributed by atoms with Crippen molar-refractivity contribution < 1.29 is 14.7 Å². The third kappa shape index (κ3) is 3.49. The topological polar surface area (TPSA) is 60.9 Å². The first-order valence-corrected chi connectivity index (χ1v) is 10.0. The fraction of sp³-hybridized carbons (Fsp3) is 0.391. The van der Waals surface area contributed by atoms with Crippen molar-refractivity contribution in [3.05, 3.63) is 65.7 Å².